The highest BCUT2D eigenvalue weighted by atomic mass is 16.2. The van der Waals surface area contributed by atoms with Crippen LogP contribution >= 0.6 is 0 Å². The fraction of sp³-hybridized carbons (Fsp3) is 0.400. The Labute approximate surface area is 108 Å². The lowest BCUT2D eigenvalue weighted by molar-refractivity contribution is -0.122. The molecule has 3 heteroatoms. The van der Waals surface area contributed by atoms with Gasteiger partial charge in [-0.3, -0.25) is 10.1 Å². The molecule has 1 aliphatic heterocycles. The predicted molar refractivity (Wildman–Crippen MR) is 73.4 cm³/mol. The molecule has 1 aromatic carbocycles. The third kappa shape index (κ3) is 2.79. The Morgan fingerprint density at radius 1 is 1.33 bits per heavy atom. The van der Waals surface area contributed by atoms with Crippen LogP contribution in [-0.2, 0) is 11.3 Å². The van der Waals surface area contributed by atoms with E-state index < -0.39 is 0 Å². The lowest BCUT2D eigenvalue weighted by atomic mass is 10.00. The van der Waals surface area contributed by atoms with Crippen molar-refractivity contribution in [3.05, 3.63) is 46.5 Å². The quantitative estimate of drug-likeness (QED) is 0.795. The molecule has 2 N–H and O–H groups in total. The van der Waals surface area contributed by atoms with Crippen molar-refractivity contribution < 1.29 is 4.79 Å². The van der Waals surface area contributed by atoms with Gasteiger partial charge in [0.25, 0.3) is 0 Å². The standard InChI is InChI=1S/C15H20N2O/c1-10-7-11(2)13(12(3)8-10)9-17-15(18)14-5-4-6-16-14/h4-5,7-8,14,16H,6,9H2,1-3H3,(H,17,18)/t14-/m1/s1. The van der Waals surface area contributed by atoms with Crippen molar-refractivity contribution in [2.75, 3.05) is 6.54 Å². The number of benzene rings is 1. The van der Waals surface area contributed by atoms with Gasteiger partial charge in [0, 0.05) is 13.1 Å². The Kier molecular flexibility index (Phi) is 3.82. The molecule has 0 saturated heterocycles. The average Bonchev–Trinajstić information content (AvgIpc) is 2.80. The Bertz CT molecular complexity index is 468. The van der Waals surface area contributed by atoms with Gasteiger partial charge in [-0.05, 0) is 37.5 Å². The third-order valence-electron chi connectivity index (χ3n) is 3.35. The summed E-state index contributed by atoms with van der Waals surface area (Å²) in [5, 5.41) is 6.10. The first-order chi connectivity index (χ1) is 8.58. The second-order valence-electron chi connectivity index (χ2n) is 4.91. The normalized spacial score (nSPS) is 18.1. The SMILES string of the molecule is Cc1cc(C)c(CNC(=O)[C@H]2C=CCN2)c(C)c1. The molecule has 1 aromatic rings. The van der Waals surface area contributed by atoms with Gasteiger partial charge in [0.1, 0.15) is 6.04 Å². The van der Waals surface area contributed by atoms with E-state index >= 15 is 0 Å². The number of hydrogen-bond donors (Lipinski definition) is 2. The summed E-state index contributed by atoms with van der Waals surface area (Å²) in [4.78, 5) is 11.9. The van der Waals surface area contributed by atoms with Gasteiger partial charge in [0.2, 0.25) is 5.91 Å². The number of rotatable bonds is 3. The van der Waals surface area contributed by atoms with E-state index in [-0.39, 0.29) is 11.9 Å². The highest BCUT2D eigenvalue weighted by molar-refractivity contribution is 5.84. The minimum absolute atomic E-state index is 0.0446. The van der Waals surface area contributed by atoms with E-state index in [0.717, 1.165) is 6.54 Å². The van der Waals surface area contributed by atoms with Crippen LogP contribution in [0.1, 0.15) is 22.3 Å². The zero-order valence-corrected chi connectivity index (χ0v) is 11.2. The molecule has 0 unspecified atom stereocenters. The molecule has 1 heterocycles. The fourth-order valence-corrected chi connectivity index (χ4v) is 2.42. The number of carbonyl (C=O) groups is 1. The molecule has 0 aromatic heterocycles. The monoisotopic (exact) mass is 244 g/mol. The summed E-state index contributed by atoms with van der Waals surface area (Å²) in [7, 11) is 0. The topological polar surface area (TPSA) is 41.1 Å². The maximum Gasteiger partial charge on any atom is 0.241 e. The summed E-state index contributed by atoms with van der Waals surface area (Å²) in [6.45, 7) is 7.66. The Morgan fingerprint density at radius 2 is 2.00 bits per heavy atom. The van der Waals surface area contributed by atoms with Crippen molar-refractivity contribution >= 4 is 5.91 Å². The van der Waals surface area contributed by atoms with Gasteiger partial charge in [-0.15, -0.1) is 0 Å². The Balaban J connectivity index is 2.02. The molecule has 0 spiro atoms. The summed E-state index contributed by atoms with van der Waals surface area (Å²) in [5.41, 5.74) is 4.96. The van der Waals surface area contributed by atoms with Crippen LogP contribution in [0.3, 0.4) is 0 Å². The third-order valence-corrected chi connectivity index (χ3v) is 3.35. The van der Waals surface area contributed by atoms with Crippen molar-refractivity contribution in [1.29, 1.82) is 0 Å². The number of nitrogens with one attached hydrogen (secondary N) is 2. The molecule has 1 amide bonds. The molecular formula is C15H20N2O. The Hall–Kier alpha value is -1.61. The van der Waals surface area contributed by atoms with Gasteiger partial charge >= 0.3 is 0 Å². The largest absolute Gasteiger partial charge is 0.350 e. The van der Waals surface area contributed by atoms with E-state index in [1.54, 1.807) is 0 Å². The molecular weight excluding hydrogens is 224 g/mol. The first-order valence-electron chi connectivity index (χ1n) is 6.32. The van der Waals surface area contributed by atoms with Crippen molar-refractivity contribution in [3.63, 3.8) is 0 Å². The van der Waals surface area contributed by atoms with E-state index in [9.17, 15) is 4.79 Å². The van der Waals surface area contributed by atoms with Crippen molar-refractivity contribution in [2.45, 2.75) is 33.4 Å². The van der Waals surface area contributed by atoms with Gasteiger partial charge < -0.3 is 5.32 Å². The number of amides is 1. The first-order valence-corrected chi connectivity index (χ1v) is 6.32. The van der Waals surface area contributed by atoms with Gasteiger partial charge in [-0.1, -0.05) is 29.8 Å². The highest BCUT2D eigenvalue weighted by Gasteiger charge is 2.17. The second kappa shape index (κ2) is 5.36. The minimum atomic E-state index is -0.170. The fourth-order valence-electron chi connectivity index (χ4n) is 2.42. The van der Waals surface area contributed by atoms with Gasteiger partial charge in [0.05, 0.1) is 0 Å². The van der Waals surface area contributed by atoms with Crippen molar-refractivity contribution in [1.82, 2.24) is 10.6 Å². The molecule has 1 aliphatic rings. The van der Waals surface area contributed by atoms with Crippen LogP contribution < -0.4 is 10.6 Å². The smallest absolute Gasteiger partial charge is 0.241 e. The van der Waals surface area contributed by atoms with Crippen LogP contribution in [0.5, 0.6) is 0 Å². The van der Waals surface area contributed by atoms with E-state index in [4.69, 9.17) is 0 Å². The zero-order chi connectivity index (χ0) is 13.1. The molecule has 96 valence electrons. The molecule has 0 fully saturated rings. The predicted octanol–water partition coefficient (Wildman–Crippen LogP) is 1.76. The second-order valence-corrected chi connectivity index (χ2v) is 4.91. The molecule has 0 bridgehead atoms. The molecule has 18 heavy (non-hydrogen) atoms. The van der Waals surface area contributed by atoms with Crippen LogP contribution in [0.4, 0.5) is 0 Å². The highest BCUT2D eigenvalue weighted by Crippen LogP contribution is 2.16. The summed E-state index contributed by atoms with van der Waals surface area (Å²) < 4.78 is 0. The van der Waals surface area contributed by atoms with Crippen LogP contribution in [0, 0.1) is 20.8 Å². The molecule has 1 atom stereocenters. The average molecular weight is 244 g/mol. The molecule has 3 nitrogen and oxygen atoms in total. The molecule has 0 radical (unpaired) electrons. The summed E-state index contributed by atoms with van der Waals surface area (Å²) in [6.07, 6.45) is 3.89. The van der Waals surface area contributed by atoms with E-state index in [1.807, 2.05) is 12.2 Å². The number of carbonyl (C=O) groups excluding carboxylic acids is 1. The van der Waals surface area contributed by atoms with Crippen LogP contribution in [-0.4, -0.2) is 18.5 Å². The van der Waals surface area contributed by atoms with Crippen molar-refractivity contribution in [2.24, 2.45) is 0 Å². The van der Waals surface area contributed by atoms with E-state index in [2.05, 4.69) is 43.5 Å². The van der Waals surface area contributed by atoms with E-state index in [1.165, 1.54) is 22.3 Å². The van der Waals surface area contributed by atoms with Gasteiger partial charge in [-0.2, -0.15) is 0 Å². The maximum atomic E-state index is 11.9. The van der Waals surface area contributed by atoms with Crippen molar-refractivity contribution in [3.8, 4) is 0 Å². The minimum Gasteiger partial charge on any atom is -0.350 e. The molecule has 0 aliphatic carbocycles. The zero-order valence-electron chi connectivity index (χ0n) is 11.2. The summed E-state index contributed by atoms with van der Waals surface area (Å²) in [6, 6.07) is 4.14. The van der Waals surface area contributed by atoms with Crippen LogP contribution in [0.15, 0.2) is 24.3 Å². The van der Waals surface area contributed by atoms with Gasteiger partial charge in [-0.25, -0.2) is 0 Å². The number of aryl methyl sites for hydroxylation is 3. The van der Waals surface area contributed by atoms with E-state index in [0.29, 0.717) is 6.54 Å². The van der Waals surface area contributed by atoms with Crippen LogP contribution in [0.2, 0.25) is 0 Å². The number of hydrogen-bond acceptors (Lipinski definition) is 2. The Morgan fingerprint density at radius 3 is 2.56 bits per heavy atom. The molecule has 2 rings (SSSR count). The lowest BCUT2D eigenvalue weighted by Gasteiger charge is -2.14. The summed E-state index contributed by atoms with van der Waals surface area (Å²) >= 11 is 0. The van der Waals surface area contributed by atoms with Gasteiger partial charge in [0.15, 0.2) is 0 Å². The summed E-state index contributed by atoms with van der Waals surface area (Å²) in [5.74, 6) is 0.0446. The van der Waals surface area contributed by atoms with Crippen LogP contribution in [0.25, 0.3) is 0 Å². The maximum absolute atomic E-state index is 11.9. The first kappa shape index (κ1) is 12.8. The molecule has 0 saturated carbocycles. The lowest BCUT2D eigenvalue weighted by Crippen LogP contribution is -2.40.